The summed E-state index contributed by atoms with van der Waals surface area (Å²) in [4.78, 5) is 14.7. The lowest BCUT2D eigenvalue weighted by atomic mass is 9.82. The maximum Gasteiger partial charge on any atom is 0.223 e. The van der Waals surface area contributed by atoms with Crippen LogP contribution < -0.4 is 5.32 Å². The van der Waals surface area contributed by atoms with Gasteiger partial charge in [0.2, 0.25) is 5.91 Å². The molecule has 1 aromatic carbocycles. The highest BCUT2D eigenvalue weighted by atomic mass is 16.2. The van der Waals surface area contributed by atoms with Gasteiger partial charge in [0.25, 0.3) is 0 Å². The van der Waals surface area contributed by atoms with E-state index >= 15 is 0 Å². The first kappa shape index (κ1) is 14.6. The number of hydrogen-bond acceptors (Lipinski definition) is 2. The predicted octanol–water partition coefficient (Wildman–Crippen LogP) is 2.39. The molecule has 0 aromatic heterocycles. The summed E-state index contributed by atoms with van der Waals surface area (Å²) >= 11 is 0. The van der Waals surface area contributed by atoms with Crippen LogP contribution in [0.2, 0.25) is 0 Å². The van der Waals surface area contributed by atoms with E-state index in [9.17, 15) is 4.79 Å². The topological polar surface area (TPSA) is 32.3 Å². The monoisotopic (exact) mass is 286 g/mol. The number of fused-ring (bicyclic) bond motifs is 1. The van der Waals surface area contributed by atoms with E-state index in [1.807, 2.05) is 7.05 Å². The Morgan fingerprint density at radius 1 is 1.29 bits per heavy atom. The predicted molar refractivity (Wildman–Crippen MR) is 85.2 cm³/mol. The second-order valence-electron chi connectivity index (χ2n) is 6.52. The molecule has 2 aliphatic rings. The highest BCUT2D eigenvalue weighted by Crippen LogP contribution is 2.29. The van der Waals surface area contributed by atoms with E-state index in [0.717, 1.165) is 51.6 Å². The Labute approximate surface area is 127 Å². The Kier molecular flexibility index (Phi) is 4.59. The van der Waals surface area contributed by atoms with Crippen LogP contribution in [0, 0.1) is 5.92 Å². The van der Waals surface area contributed by atoms with Gasteiger partial charge >= 0.3 is 0 Å². The van der Waals surface area contributed by atoms with Crippen molar-refractivity contribution in [3.63, 3.8) is 0 Å². The van der Waals surface area contributed by atoms with E-state index in [-0.39, 0.29) is 0 Å². The molecule has 21 heavy (non-hydrogen) atoms. The average molecular weight is 286 g/mol. The van der Waals surface area contributed by atoms with E-state index in [2.05, 4.69) is 34.5 Å². The van der Waals surface area contributed by atoms with Crippen LogP contribution in [0.15, 0.2) is 24.3 Å². The first-order chi connectivity index (χ1) is 10.3. The number of nitrogens with zero attached hydrogens (tertiary/aromatic N) is 1. The third-order valence-electron chi connectivity index (χ3n) is 5.05. The SMILES string of the molecule is CNCC1CCCN1C(=O)CC1CCc2ccccc2C1. The average Bonchev–Trinajstić information content (AvgIpc) is 2.96. The molecule has 114 valence electrons. The number of hydrogen-bond donors (Lipinski definition) is 1. The summed E-state index contributed by atoms with van der Waals surface area (Å²) in [6.45, 7) is 1.88. The minimum Gasteiger partial charge on any atom is -0.338 e. The van der Waals surface area contributed by atoms with Crippen LogP contribution in [0.25, 0.3) is 0 Å². The van der Waals surface area contributed by atoms with Crippen molar-refractivity contribution >= 4 is 5.91 Å². The molecule has 0 spiro atoms. The zero-order chi connectivity index (χ0) is 14.7. The summed E-state index contributed by atoms with van der Waals surface area (Å²) in [5.74, 6) is 0.903. The number of carbonyl (C=O) groups excluding carboxylic acids is 1. The van der Waals surface area contributed by atoms with Crippen molar-refractivity contribution in [1.29, 1.82) is 0 Å². The fraction of sp³-hybridized carbons (Fsp3) is 0.611. The van der Waals surface area contributed by atoms with Crippen molar-refractivity contribution < 1.29 is 4.79 Å². The molecule has 1 heterocycles. The molecule has 2 atom stereocenters. The Hall–Kier alpha value is -1.35. The van der Waals surface area contributed by atoms with Crippen LogP contribution >= 0.6 is 0 Å². The van der Waals surface area contributed by atoms with Gasteiger partial charge in [-0.3, -0.25) is 4.79 Å². The van der Waals surface area contributed by atoms with Crippen LogP contribution in [0.4, 0.5) is 0 Å². The highest BCUT2D eigenvalue weighted by molar-refractivity contribution is 5.77. The molecular weight excluding hydrogens is 260 g/mol. The molecule has 1 amide bonds. The van der Waals surface area contributed by atoms with Crippen LogP contribution in [-0.2, 0) is 17.6 Å². The largest absolute Gasteiger partial charge is 0.338 e. The van der Waals surface area contributed by atoms with E-state index in [1.54, 1.807) is 0 Å². The Morgan fingerprint density at radius 3 is 2.90 bits per heavy atom. The Bertz CT molecular complexity index is 500. The first-order valence-electron chi connectivity index (χ1n) is 8.28. The van der Waals surface area contributed by atoms with Crippen LogP contribution in [0.1, 0.15) is 36.8 Å². The molecule has 3 heteroatoms. The number of likely N-dealkylation sites (tertiary alicyclic amines) is 1. The summed E-state index contributed by atoms with van der Waals surface area (Å²) in [6, 6.07) is 9.12. The molecule has 1 aliphatic carbocycles. The fourth-order valence-electron chi connectivity index (χ4n) is 3.92. The molecule has 2 unspecified atom stereocenters. The van der Waals surface area contributed by atoms with Crippen LogP contribution in [0.5, 0.6) is 0 Å². The quantitative estimate of drug-likeness (QED) is 0.922. The van der Waals surface area contributed by atoms with Crippen LogP contribution in [-0.4, -0.2) is 37.0 Å². The van der Waals surface area contributed by atoms with Crippen molar-refractivity contribution in [3.8, 4) is 0 Å². The minimum atomic E-state index is 0.372. The molecule has 0 radical (unpaired) electrons. The van der Waals surface area contributed by atoms with Gasteiger partial charge in [0.15, 0.2) is 0 Å². The molecule has 1 aromatic rings. The Balaban J connectivity index is 1.59. The second-order valence-corrected chi connectivity index (χ2v) is 6.52. The fourth-order valence-corrected chi connectivity index (χ4v) is 3.92. The molecule has 1 saturated heterocycles. The smallest absolute Gasteiger partial charge is 0.223 e. The zero-order valence-electron chi connectivity index (χ0n) is 13.0. The van der Waals surface area contributed by atoms with E-state index in [1.165, 1.54) is 11.1 Å². The standard InChI is InChI=1S/C18H26N2O/c1-19-13-17-7-4-10-20(17)18(21)12-14-8-9-15-5-2-3-6-16(15)11-14/h2-3,5-6,14,17,19H,4,7-13H2,1H3. The summed E-state index contributed by atoms with van der Waals surface area (Å²) in [6.07, 6.45) is 6.41. The maximum absolute atomic E-state index is 12.6. The first-order valence-corrected chi connectivity index (χ1v) is 8.28. The van der Waals surface area contributed by atoms with Gasteiger partial charge < -0.3 is 10.2 Å². The maximum atomic E-state index is 12.6. The van der Waals surface area contributed by atoms with Gasteiger partial charge in [0.05, 0.1) is 0 Å². The third kappa shape index (κ3) is 3.29. The number of amides is 1. The lowest BCUT2D eigenvalue weighted by Gasteiger charge is -2.29. The molecule has 1 N–H and O–H groups in total. The second kappa shape index (κ2) is 6.61. The van der Waals surface area contributed by atoms with Gasteiger partial charge in [-0.2, -0.15) is 0 Å². The molecule has 3 rings (SSSR count). The van der Waals surface area contributed by atoms with Gasteiger partial charge in [-0.05, 0) is 56.2 Å². The van der Waals surface area contributed by atoms with Gasteiger partial charge in [-0.15, -0.1) is 0 Å². The Morgan fingerprint density at radius 2 is 2.10 bits per heavy atom. The van der Waals surface area contributed by atoms with Gasteiger partial charge in [0.1, 0.15) is 0 Å². The normalized spacial score (nSPS) is 24.9. The molecule has 1 fully saturated rings. The lowest BCUT2D eigenvalue weighted by Crippen LogP contribution is -2.41. The number of carbonyl (C=O) groups is 1. The summed E-state index contributed by atoms with van der Waals surface area (Å²) in [7, 11) is 1.97. The van der Waals surface area contributed by atoms with Gasteiger partial charge in [-0.25, -0.2) is 0 Å². The third-order valence-corrected chi connectivity index (χ3v) is 5.05. The lowest BCUT2D eigenvalue weighted by molar-refractivity contribution is -0.133. The number of nitrogens with one attached hydrogen (secondary N) is 1. The summed E-state index contributed by atoms with van der Waals surface area (Å²) in [5, 5.41) is 3.22. The number of aryl methyl sites for hydroxylation is 1. The summed E-state index contributed by atoms with van der Waals surface area (Å²) < 4.78 is 0. The number of benzene rings is 1. The van der Waals surface area contributed by atoms with E-state index in [4.69, 9.17) is 0 Å². The minimum absolute atomic E-state index is 0.372. The molecule has 0 saturated carbocycles. The van der Waals surface area contributed by atoms with E-state index in [0.29, 0.717) is 17.9 Å². The molecule has 1 aliphatic heterocycles. The molecule has 0 bridgehead atoms. The zero-order valence-corrected chi connectivity index (χ0v) is 13.0. The molecule has 3 nitrogen and oxygen atoms in total. The number of rotatable bonds is 4. The summed E-state index contributed by atoms with van der Waals surface area (Å²) in [5.41, 5.74) is 2.94. The number of likely N-dealkylation sites (N-methyl/N-ethyl adjacent to an activating group) is 1. The molecular formula is C18H26N2O. The van der Waals surface area contributed by atoms with Crippen molar-refractivity contribution in [2.45, 2.75) is 44.6 Å². The van der Waals surface area contributed by atoms with Crippen molar-refractivity contribution in [2.75, 3.05) is 20.1 Å². The van der Waals surface area contributed by atoms with Crippen molar-refractivity contribution in [1.82, 2.24) is 10.2 Å². The van der Waals surface area contributed by atoms with Crippen LogP contribution in [0.3, 0.4) is 0 Å². The van der Waals surface area contributed by atoms with Gasteiger partial charge in [-0.1, -0.05) is 24.3 Å². The van der Waals surface area contributed by atoms with Gasteiger partial charge in [0, 0.05) is 25.6 Å². The van der Waals surface area contributed by atoms with Crippen molar-refractivity contribution in [2.24, 2.45) is 5.92 Å². The highest BCUT2D eigenvalue weighted by Gasteiger charge is 2.30. The van der Waals surface area contributed by atoms with E-state index < -0.39 is 0 Å². The van der Waals surface area contributed by atoms with Crippen molar-refractivity contribution in [3.05, 3.63) is 35.4 Å².